The monoisotopic (exact) mass is 473 g/mol. The summed E-state index contributed by atoms with van der Waals surface area (Å²) in [6.45, 7) is 6.61. The zero-order valence-electron chi connectivity index (χ0n) is 18.7. The van der Waals surface area contributed by atoms with Gasteiger partial charge in [0.15, 0.2) is 0 Å². The molecule has 6 heteroatoms. The van der Waals surface area contributed by atoms with Crippen molar-refractivity contribution in [1.82, 2.24) is 15.1 Å². The molecular weight excluding hydrogens is 441 g/mol. The first-order chi connectivity index (χ1) is 15.6. The number of carbonyl (C=O) groups excluding carboxylic acids is 1. The predicted octanol–water partition coefficient (Wildman–Crippen LogP) is 5.51. The van der Waals surface area contributed by atoms with Crippen LogP contribution < -0.4 is 5.32 Å². The van der Waals surface area contributed by atoms with Crippen molar-refractivity contribution >= 4 is 29.1 Å². The van der Waals surface area contributed by atoms with Gasteiger partial charge in [-0.3, -0.25) is 14.6 Å². The highest BCUT2D eigenvalue weighted by atomic mass is 35.5. The lowest BCUT2D eigenvalue weighted by atomic mass is 9.96. The Balaban J connectivity index is 1.23. The fourth-order valence-corrected chi connectivity index (χ4v) is 5.10. The lowest BCUT2D eigenvalue weighted by Crippen LogP contribution is -2.42. The van der Waals surface area contributed by atoms with Crippen LogP contribution in [0.25, 0.3) is 0 Å². The van der Waals surface area contributed by atoms with Gasteiger partial charge >= 0.3 is 0 Å². The summed E-state index contributed by atoms with van der Waals surface area (Å²) in [5, 5.41) is 4.31. The summed E-state index contributed by atoms with van der Waals surface area (Å²) in [7, 11) is 0. The van der Waals surface area contributed by atoms with Crippen LogP contribution in [0, 0.1) is 5.92 Å². The molecule has 2 aromatic carbocycles. The zero-order chi connectivity index (χ0) is 22.3. The van der Waals surface area contributed by atoms with E-state index in [4.69, 9.17) is 23.2 Å². The maximum Gasteiger partial charge on any atom is 0.224 e. The molecule has 1 N–H and O–H groups in total. The summed E-state index contributed by atoms with van der Waals surface area (Å²) >= 11 is 12.2. The number of rotatable bonds is 7. The predicted molar refractivity (Wildman–Crippen MR) is 132 cm³/mol. The number of halogens is 2. The lowest BCUT2D eigenvalue weighted by molar-refractivity contribution is -0.126. The van der Waals surface area contributed by atoms with E-state index in [0.717, 1.165) is 50.1 Å². The van der Waals surface area contributed by atoms with E-state index >= 15 is 0 Å². The third kappa shape index (κ3) is 6.71. The molecule has 0 aromatic heterocycles. The third-order valence-electron chi connectivity index (χ3n) is 6.61. The number of benzene rings is 2. The Hall–Kier alpha value is -1.59. The highest BCUT2D eigenvalue weighted by Crippen LogP contribution is 2.25. The van der Waals surface area contributed by atoms with Crippen molar-refractivity contribution in [2.75, 3.05) is 26.2 Å². The third-order valence-corrected chi connectivity index (χ3v) is 7.35. The van der Waals surface area contributed by atoms with Crippen molar-refractivity contribution in [3.05, 3.63) is 69.2 Å². The van der Waals surface area contributed by atoms with Crippen molar-refractivity contribution in [3.8, 4) is 0 Å². The number of piperidine rings is 2. The normalized spacial score (nSPS) is 20.2. The topological polar surface area (TPSA) is 35.6 Å². The summed E-state index contributed by atoms with van der Waals surface area (Å²) in [6, 6.07) is 14.5. The average molecular weight is 474 g/mol. The molecule has 172 valence electrons. The molecule has 4 nitrogen and oxygen atoms in total. The minimum atomic E-state index is 0.0323. The zero-order valence-corrected chi connectivity index (χ0v) is 20.2. The molecular formula is C26H33Cl2N3O. The number of carbonyl (C=O) groups is 1. The Morgan fingerprint density at radius 1 is 0.812 bits per heavy atom. The highest BCUT2D eigenvalue weighted by Gasteiger charge is 2.25. The first-order valence-electron chi connectivity index (χ1n) is 11.8. The molecule has 1 atom stereocenters. The van der Waals surface area contributed by atoms with E-state index in [1.165, 1.54) is 37.9 Å². The molecule has 2 fully saturated rings. The average Bonchev–Trinajstić information content (AvgIpc) is 2.82. The minimum Gasteiger partial charge on any atom is -0.352 e. The molecule has 2 saturated heterocycles. The largest absolute Gasteiger partial charge is 0.352 e. The van der Waals surface area contributed by atoms with Gasteiger partial charge in [-0.2, -0.15) is 0 Å². The van der Waals surface area contributed by atoms with Gasteiger partial charge in [-0.05, 0) is 74.1 Å². The van der Waals surface area contributed by atoms with Gasteiger partial charge in [0.05, 0.1) is 16.0 Å². The van der Waals surface area contributed by atoms with Crippen molar-refractivity contribution in [1.29, 1.82) is 0 Å². The number of likely N-dealkylation sites (tertiary alicyclic amines) is 2. The van der Waals surface area contributed by atoms with Gasteiger partial charge in [0.1, 0.15) is 0 Å². The SMILES string of the molecule is O=C(NCc1ccc(CN2CCCCC2)cc1)C1CCCN(Cc2ccc(Cl)c(Cl)c2)C1. The van der Waals surface area contributed by atoms with Gasteiger partial charge in [-0.1, -0.05) is 60.0 Å². The van der Waals surface area contributed by atoms with Gasteiger partial charge in [-0.25, -0.2) is 0 Å². The lowest BCUT2D eigenvalue weighted by Gasteiger charge is -2.32. The number of amides is 1. The summed E-state index contributed by atoms with van der Waals surface area (Å²) < 4.78 is 0. The van der Waals surface area contributed by atoms with Crippen molar-refractivity contribution in [2.45, 2.75) is 51.7 Å². The van der Waals surface area contributed by atoms with E-state index < -0.39 is 0 Å². The Morgan fingerprint density at radius 3 is 2.22 bits per heavy atom. The van der Waals surface area contributed by atoms with Gasteiger partial charge < -0.3 is 5.32 Å². The quantitative estimate of drug-likeness (QED) is 0.575. The molecule has 2 aliphatic rings. The molecule has 2 aliphatic heterocycles. The van der Waals surface area contributed by atoms with Gasteiger partial charge in [0, 0.05) is 26.2 Å². The first kappa shape index (κ1) is 23.6. The summed E-state index contributed by atoms with van der Waals surface area (Å²) in [5.74, 6) is 0.186. The second-order valence-electron chi connectivity index (χ2n) is 9.19. The van der Waals surface area contributed by atoms with E-state index in [1.54, 1.807) is 0 Å². The molecule has 0 spiro atoms. The van der Waals surface area contributed by atoms with Crippen LogP contribution in [-0.2, 0) is 24.4 Å². The van der Waals surface area contributed by atoms with E-state index in [9.17, 15) is 4.79 Å². The Bertz CT molecular complexity index is 896. The fourth-order valence-electron chi connectivity index (χ4n) is 4.78. The van der Waals surface area contributed by atoms with Crippen LogP contribution in [0.4, 0.5) is 0 Å². The minimum absolute atomic E-state index is 0.0323. The van der Waals surface area contributed by atoms with Crippen LogP contribution in [-0.4, -0.2) is 41.9 Å². The van der Waals surface area contributed by atoms with Gasteiger partial charge in [0.2, 0.25) is 5.91 Å². The van der Waals surface area contributed by atoms with Crippen LogP contribution in [0.3, 0.4) is 0 Å². The van der Waals surface area contributed by atoms with Crippen LogP contribution in [0.5, 0.6) is 0 Å². The molecule has 2 heterocycles. The summed E-state index contributed by atoms with van der Waals surface area (Å²) in [5.41, 5.74) is 3.64. The molecule has 1 unspecified atom stereocenters. The molecule has 0 saturated carbocycles. The summed E-state index contributed by atoms with van der Waals surface area (Å²) in [6.07, 6.45) is 5.97. The van der Waals surface area contributed by atoms with Crippen molar-refractivity contribution < 1.29 is 4.79 Å². The molecule has 32 heavy (non-hydrogen) atoms. The van der Waals surface area contributed by atoms with E-state index in [0.29, 0.717) is 16.6 Å². The molecule has 0 aliphatic carbocycles. The van der Waals surface area contributed by atoms with Gasteiger partial charge in [-0.15, -0.1) is 0 Å². The number of nitrogens with one attached hydrogen (secondary N) is 1. The maximum absolute atomic E-state index is 12.8. The van der Waals surface area contributed by atoms with Crippen LogP contribution in [0.1, 0.15) is 48.8 Å². The molecule has 4 rings (SSSR count). The number of nitrogens with zero attached hydrogens (tertiary/aromatic N) is 2. The van der Waals surface area contributed by atoms with Crippen LogP contribution >= 0.6 is 23.2 Å². The highest BCUT2D eigenvalue weighted by molar-refractivity contribution is 6.42. The van der Waals surface area contributed by atoms with Crippen LogP contribution in [0.2, 0.25) is 10.0 Å². The molecule has 0 radical (unpaired) electrons. The summed E-state index contributed by atoms with van der Waals surface area (Å²) in [4.78, 5) is 17.7. The van der Waals surface area contributed by atoms with Crippen molar-refractivity contribution in [2.24, 2.45) is 5.92 Å². The van der Waals surface area contributed by atoms with E-state index in [1.807, 2.05) is 18.2 Å². The van der Waals surface area contributed by atoms with Crippen molar-refractivity contribution in [3.63, 3.8) is 0 Å². The number of hydrogen-bond acceptors (Lipinski definition) is 3. The Kier molecular flexibility index (Phi) is 8.48. The van der Waals surface area contributed by atoms with E-state index in [2.05, 4.69) is 39.4 Å². The molecule has 0 bridgehead atoms. The smallest absolute Gasteiger partial charge is 0.224 e. The second-order valence-corrected chi connectivity index (χ2v) is 10.0. The Morgan fingerprint density at radius 2 is 1.47 bits per heavy atom. The standard InChI is InChI=1S/C26H33Cl2N3O/c27-24-11-10-22(15-25(24)28)18-31-14-4-5-23(19-31)26(32)29-16-20-6-8-21(9-7-20)17-30-12-2-1-3-13-30/h6-11,15,23H,1-5,12-14,16-19H2,(H,29,32). The Labute approximate surface area is 201 Å². The van der Waals surface area contributed by atoms with Gasteiger partial charge in [0.25, 0.3) is 0 Å². The molecule has 2 aromatic rings. The van der Waals surface area contributed by atoms with E-state index in [-0.39, 0.29) is 11.8 Å². The maximum atomic E-state index is 12.8. The first-order valence-corrected chi connectivity index (χ1v) is 12.6. The molecule has 1 amide bonds. The second kappa shape index (κ2) is 11.5. The van der Waals surface area contributed by atoms with Crippen LogP contribution in [0.15, 0.2) is 42.5 Å². The number of hydrogen-bond donors (Lipinski definition) is 1. The fraction of sp³-hybridized carbons (Fsp3) is 0.500.